The predicted molar refractivity (Wildman–Crippen MR) is 95.0 cm³/mol. The number of hydrogen-bond donors (Lipinski definition) is 1. The Kier molecular flexibility index (Phi) is 5.48. The first-order valence-electron chi connectivity index (χ1n) is 8.30. The summed E-state index contributed by atoms with van der Waals surface area (Å²) in [6.07, 6.45) is 0.855. The molecule has 6 heteroatoms. The number of aryl methyl sites for hydroxylation is 1. The number of nitrogens with one attached hydrogen (secondary N) is 1. The lowest BCUT2D eigenvalue weighted by Crippen LogP contribution is -2.37. The molecule has 0 bridgehead atoms. The molecule has 24 heavy (non-hydrogen) atoms. The summed E-state index contributed by atoms with van der Waals surface area (Å²) in [5, 5.41) is 3.33. The normalized spacial score (nSPS) is 14.5. The van der Waals surface area contributed by atoms with Crippen molar-refractivity contribution >= 4 is 11.8 Å². The lowest BCUT2D eigenvalue weighted by Gasteiger charge is -2.28. The molecule has 1 aromatic heterocycles. The summed E-state index contributed by atoms with van der Waals surface area (Å²) in [6, 6.07) is 10.1. The van der Waals surface area contributed by atoms with E-state index in [1.54, 1.807) is 7.11 Å². The molecule has 1 fully saturated rings. The van der Waals surface area contributed by atoms with Crippen LogP contribution in [-0.2, 0) is 11.2 Å². The molecule has 0 aliphatic carbocycles. The van der Waals surface area contributed by atoms with Crippen LogP contribution in [-0.4, -0.2) is 49.9 Å². The number of rotatable bonds is 6. The molecule has 1 aliphatic heterocycles. The zero-order valence-electron chi connectivity index (χ0n) is 14.3. The third-order valence-corrected chi connectivity index (χ3v) is 4.05. The summed E-state index contributed by atoms with van der Waals surface area (Å²) in [7, 11) is 1.70. The molecule has 0 radical (unpaired) electrons. The van der Waals surface area contributed by atoms with E-state index in [1.807, 2.05) is 31.2 Å². The van der Waals surface area contributed by atoms with Crippen LogP contribution in [0.4, 0.5) is 11.8 Å². The molecule has 128 valence electrons. The highest BCUT2D eigenvalue weighted by atomic mass is 16.5. The number of morpholine rings is 1. The third-order valence-electron chi connectivity index (χ3n) is 4.05. The number of hydrogen-bond acceptors (Lipinski definition) is 6. The van der Waals surface area contributed by atoms with Crippen molar-refractivity contribution in [2.24, 2.45) is 0 Å². The smallest absolute Gasteiger partial charge is 0.224 e. The van der Waals surface area contributed by atoms with Gasteiger partial charge in [0.2, 0.25) is 5.95 Å². The van der Waals surface area contributed by atoms with E-state index >= 15 is 0 Å². The maximum Gasteiger partial charge on any atom is 0.224 e. The molecule has 2 heterocycles. The standard InChI is InChI=1S/C18H24N4O2/c1-14-13-17(22-9-11-24-12-10-22)21-18(20-14)19-8-7-15-5-3-4-6-16(15)23-2/h3-6,13H,7-12H2,1-2H3,(H,19,20,21). The Morgan fingerprint density at radius 2 is 2.00 bits per heavy atom. The van der Waals surface area contributed by atoms with Crippen LogP contribution in [0.5, 0.6) is 5.75 Å². The number of methoxy groups -OCH3 is 1. The molecule has 1 aliphatic rings. The molecule has 6 nitrogen and oxygen atoms in total. The van der Waals surface area contributed by atoms with Gasteiger partial charge in [0, 0.05) is 31.4 Å². The van der Waals surface area contributed by atoms with Gasteiger partial charge in [-0.3, -0.25) is 0 Å². The second-order valence-electron chi connectivity index (χ2n) is 5.78. The van der Waals surface area contributed by atoms with Crippen LogP contribution in [0.1, 0.15) is 11.3 Å². The summed E-state index contributed by atoms with van der Waals surface area (Å²) in [5.74, 6) is 2.55. The van der Waals surface area contributed by atoms with Crippen LogP contribution in [0.2, 0.25) is 0 Å². The van der Waals surface area contributed by atoms with Gasteiger partial charge in [-0.05, 0) is 25.0 Å². The molecular weight excluding hydrogens is 304 g/mol. The molecule has 2 aromatic rings. The van der Waals surface area contributed by atoms with Gasteiger partial charge < -0.3 is 19.7 Å². The van der Waals surface area contributed by atoms with Crippen LogP contribution in [0.3, 0.4) is 0 Å². The van der Waals surface area contributed by atoms with Crippen molar-refractivity contribution in [2.45, 2.75) is 13.3 Å². The molecule has 0 amide bonds. The van der Waals surface area contributed by atoms with Crippen LogP contribution in [0.25, 0.3) is 0 Å². The highest BCUT2D eigenvalue weighted by Gasteiger charge is 2.14. The van der Waals surface area contributed by atoms with Gasteiger partial charge in [-0.1, -0.05) is 18.2 Å². The maximum atomic E-state index is 5.40. The van der Waals surface area contributed by atoms with Crippen molar-refractivity contribution < 1.29 is 9.47 Å². The number of para-hydroxylation sites is 1. The minimum absolute atomic E-state index is 0.673. The van der Waals surface area contributed by atoms with E-state index in [2.05, 4.69) is 26.3 Å². The summed E-state index contributed by atoms with van der Waals surface area (Å²) < 4.78 is 10.8. The van der Waals surface area contributed by atoms with Crippen molar-refractivity contribution in [2.75, 3.05) is 50.2 Å². The van der Waals surface area contributed by atoms with E-state index in [1.165, 1.54) is 5.56 Å². The Labute approximate surface area is 142 Å². The van der Waals surface area contributed by atoms with E-state index in [9.17, 15) is 0 Å². The number of ether oxygens (including phenoxy) is 2. The largest absolute Gasteiger partial charge is 0.496 e. The average Bonchev–Trinajstić information content (AvgIpc) is 2.62. The molecule has 3 rings (SSSR count). The number of anilines is 2. The number of aromatic nitrogens is 2. The molecule has 1 N–H and O–H groups in total. The predicted octanol–water partition coefficient (Wildman–Crippen LogP) is 2.28. The summed E-state index contributed by atoms with van der Waals surface area (Å²) >= 11 is 0. The fourth-order valence-corrected chi connectivity index (χ4v) is 2.80. The molecule has 0 unspecified atom stereocenters. The van der Waals surface area contributed by atoms with Gasteiger partial charge in [0.1, 0.15) is 11.6 Å². The fraction of sp³-hybridized carbons (Fsp3) is 0.444. The second-order valence-corrected chi connectivity index (χ2v) is 5.78. The van der Waals surface area contributed by atoms with Crippen molar-refractivity contribution in [3.05, 3.63) is 41.6 Å². The highest BCUT2D eigenvalue weighted by Crippen LogP contribution is 2.19. The zero-order chi connectivity index (χ0) is 16.8. The van der Waals surface area contributed by atoms with E-state index in [4.69, 9.17) is 9.47 Å². The van der Waals surface area contributed by atoms with Gasteiger partial charge in [-0.15, -0.1) is 0 Å². The van der Waals surface area contributed by atoms with Crippen molar-refractivity contribution in [1.29, 1.82) is 0 Å². The van der Waals surface area contributed by atoms with Crippen LogP contribution < -0.4 is 15.0 Å². The summed E-state index contributed by atoms with van der Waals surface area (Å²) in [4.78, 5) is 11.4. The Hall–Kier alpha value is -2.34. The minimum atomic E-state index is 0.673. The lowest BCUT2D eigenvalue weighted by atomic mass is 10.1. The average molecular weight is 328 g/mol. The molecule has 0 atom stereocenters. The van der Waals surface area contributed by atoms with Gasteiger partial charge in [0.25, 0.3) is 0 Å². The van der Waals surface area contributed by atoms with E-state index in [-0.39, 0.29) is 0 Å². The van der Waals surface area contributed by atoms with E-state index in [0.717, 1.165) is 56.5 Å². The van der Waals surface area contributed by atoms with Crippen LogP contribution in [0.15, 0.2) is 30.3 Å². The lowest BCUT2D eigenvalue weighted by molar-refractivity contribution is 0.122. The van der Waals surface area contributed by atoms with Crippen LogP contribution in [0, 0.1) is 6.92 Å². The highest BCUT2D eigenvalue weighted by molar-refractivity contribution is 5.45. The monoisotopic (exact) mass is 328 g/mol. The Morgan fingerprint density at radius 3 is 2.79 bits per heavy atom. The third kappa shape index (κ3) is 4.14. The molecule has 1 saturated heterocycles. The molecular formula is C18H24N4O2. The first-order chi connectivity index (χ1) is 11.8. The van der Waals surface area contributed by atoms with Gasteiger partial charge in [-0.25, -0.2) is 4.98 Å². The minimum Gasteiger partial charge on any atom is -0.496 e. The number of nitrogens with zero attached hydrogens (tertiary/aromatic N) is 3. The fourth-order valence-electron chi connectivity index (χ4n) is 2.80. The van der Waals surface area contributed by atoms with Gasteiger partial charge in [0.05, 0.1) is 20.3 Å². The first-order valence-corrected chi connectivity index (χ1v) is 8.30. The van der Waals surface area contributed by atoms with Crippen molar-refractivity contribution in [1.82, 2.24) is 9.97 Å². The molecule has 0 spiro atoms. The second kappa shape index (κ2) is 7.97. The van der Waals surface area contributed by atoms with E-state index in [0.29, 0.717) is 5.95 Å². The molecule has 0 saturated carbocycles. The Balaban J connectivity index is 1.63. The zero-order valence-corrected chi connectivity index (χ0v) is 14.3. The Bertz CT molecular complexity index is 672. The Morgan fingerprint density at radius 1 is 1.21 bits per heavy atom. The van der Waals surface area contributed by atoms with Crippen molar-refractivity contribution in [3.63, 3.8) is 0 Å². The van der Waals surface area contributed by atoms with Gasteiger partial charge >= 0.3 is 0 Å². The van der Waals surface area contributed by atoms with Gasteiger partial charge in [0.15, 0.2) is 0 Å². The molecule has 1 aromatic carbocycles. The van der Waals surface area contributed by atoms with E-state index < -0.39 is 0 Å². The number of benzene rings is 1. The SMILES string of the molecule is COc1ccccc1CCNc1nc(C)cc(N2CCOCC2)n1. The van der Waals surface area contributed by atoms with Crippen LogP contribution >= 0.6 is 0 Å². The maximum absolute atomic E-state index is 5.40. The quantitative estimate of drug-likeness (QED) is 0.878. The topological polar surface area (TPSA) is 59.5 Å². The summed E-state index contributed by atoms with van der Waals surface area (Å²) in [6.45, 7) is 6.00. The first kappa shape index (κ1) is 16.5. The van der Waals surface area contributed by atoms with Gasteiger partial charge in [-0.2, -0.15) is 4.98 Å². The summed E-state index contributed by atoms with van der Waals surface area (Å²) in [5.41, 5.74) is 2.14. The van der Waals surface area contributed by atoms with Crippen molar-refractivity contribution in [3.8, 4) is 5.75 Å².